The Kier molecular flexibility index (Phi) is 6.19. The largest absolute Gasteiger partial charge is 0.394 e. The van der Waals surface area contributed by atoms with Crippen LogP contribution in [0.15, 0.2) is 34.8 Å². The van der Waals surface area contributed by atoms with Crippen LogP contribution >= 0.6 is 27.3 Å². The maximum atomic E-state index is 13.1. The molecule has 1 unspecified atom stereocenters. The molecule has 0 saturated carbocycles. The fourth-order valence-electron chi connectivity index (χ4n) is 3.39. The number of hydrogen-bond donors (Lipinski definition) is 3. The average molecular weight is 493 g/mol. The fraction of sp³-hybridized carbons (Fsp3) is 0.350. The first-order valence-corrected chi connectivity index (χ1v) is 11.2. The van der Waals surface area contributed by atoms with Gasteiger partial charge in [-0.1, -0.05) is 15.9 Å². The van der Waals surface area contributed by atoms with Crippen LogP contribution in [-0.4, -0.2) is 62.5 Å². The molecule has 0 fully saturated rings. The van der Waals surface area contributed by atoms with E-state index < -0.39 is 18.6 Å². The number of amides is 2. The van der Waals surface area contributed by atoms with E-state index in [2.05, 4.69) is 26.3 Å². The van der Waals surface area contributed by atoms with Gasteiger partial charge in [0.05, 0.1) is 29.8 Å². The fourth-order valence-corrected chi connectivity index (χ4v) is 4.78. The molecule has 1 atom stereocenters. The first-order valence-electron chi connectivity index (χ1n) is 9.57. The molecule has 10 heteroatoms. The molecular formula is C20H21BrN4O4S. The average Bonchev–Trinajstić information content (AvgIpc) is 3.29. The minimum Gasteiger partial charge on any atom is -0.394 e. The summed E-state index contributed by atoms with van der Waals surface area (Å²) in [6.07, 6.45) is -0.273. The zero-order valence-electron chi connectivity index (χ0n) is 16.0. The maximum Gasteiger partial charge on any atom is 0.271 e. The van der Waals surface area contributed by atoms with E-state index in [0.717, 1.165) is 26.7 Å². The van der Waals surface area contributed by atoms with E-state index in [9.17, 15) is 14.7 Å². The highest BCUT2D eigenvalue weighted by molar-refractivity contribution is 9.10. The zero-order valence-corrected chi connectivity index (χ0v) is 18.4. The number of fused-ring (bicyclic) bond motifs is 2. The van der Waals surface area contributed by atoms with Gasteiger partial charge in [0, 0.05) is 28.8 Å². The standard InChI is InChI=1S/C20H21BrN4O4S/c21-13-2-3-17-12(6-13)7-18(30-17)20(29)24-4-1-5-25-14(10-24)8-16(23-25)19(28)22-9-15(27)11-26/h2-3,6-8,15,26-27H,1,4-5,9-11H2,(H,22,28). The Morgan fingerprint density at radius 3 is 2.90 bits per heavy atom. The molecule has 0 aliphatic carbocycles. The monoisotopic (exact) mass is 492 g/mol. The van der Waals surface area contributed by atoms with Gasteiger partial charge in [0.25, 0.3) is 11.8 Å². The summed E-state index contributed by atoms with van der Waals surface area (Å²) < 4.78 is 3.79. The Labute approximate surface area is 185 Å². The van der Waals surface area contributed by atoms with Crippen molar-refractivity contribution in [3.05, 3.63) is 51.1 Å². The zero-order chi connectivity index (χ0) is 21.3. The number of benzene rings is 1. The molecule has 0 spiro atoms. The first-order chi connectivity index (χ1) is 14.4. The van der Waals surface area contributed by atoms with Gasteiger partial charge in [0.2, 0.25) is 0 Å². The van der Waals surface area contributed by atoms with Gasteiger partial charge in [-0.05, 0) is 42.1 Å². The smallest absolute Gasteiger partial charge is 0.271 e. The second-order valence-electron chi connectivity index (χ2n) is 7.16. The lowest BCUT2D eigenvalue weighted by molar-refractivity contribution is 0.0750. The molecule has 158 valence electrons. The molecule has 1 aromatic carbocycles. The van der Waals surface area contributed by atoms with Gasteiger partial charge in [-0.3, -0.25) is 14.3 Å². The number of aryl methyl sites for hydroxylation is 1. The number of nitrogens with zero attached hydrogens (tertiary/aromatic N) is 3. The molecule has 2 amide bonds. The molecule has 1 aliphatic heterocycles. The normalized spacial score (nSPS) is 15.0. The number of rotatable bonds is 5. The van der Waals surface area contributed by atoms with Crippen molar-refractivity contribution in [1.82, 2.24) is 20.0 Å². The number of thiophene rings is 1. The van der Waals surface area contributed by atoms with Gasteiger partial charge in [-0.2, -0.15) is 5.10 Å². The van der Waals surface area contributed by atoms with Crippen molar-refractivity contribution < 1.29 is 19.8 Å². The van der Waals surface area contributed by atoms with Crippen LogP contribution in [0.1, 0.15) is 32.3 Å². The van der Waals surface area contributed by atoms with Crippen molar-refractivity contribution in [3.8, 4) is 0 Å². The van der Waals surface area contributed by atoms with E-state index in [1.807, 2.05) is 24.3 Å². The third-order valence-corrected chi connectivity index (χ3v) is 6.53. The predicted molar refractivity (Wildman–Crippen MR) is 117 cm³/mol. The summed E-state index contributed by atoms with van der Waals surface area (Å²) >= 11 is 4.94. The third kappa shape index (κ3) is 4.41. The molecule has 2 aromatic heterocycles. The van der Waals surface area contributed by atoms with E-state index in [1.54, 1.807) is 15.6 Å². The summed E-state index contributed by atoms with van der Waals surface area (Å²) in [4.78, 5) is 27.9. The topological polar surface area (TPSA) is 108 Å². The Balaban J connectivity index is 1.50. The predicted octanol–water partition coefficient (Wildman–Crippen LogP) is 1.99. The summed E-state index contributed by atoms with van der Waals surface area (Å²) in [5.41, 5.74) is 1.02. The summed E-state index contributed by atoms with van der Waals surface area (Å²) in [7, 11) is 0. The van der Waals surface area contributed by atoms with Crippen LogP contribution in [-0.2, 0) is 13.1 Å². The SMILES string of the molecule is O=C(NCC(O)CO)c1cc2n(n1)CCCN(C(=O)c1cc3cc(Br)ccc3s1)C2. The number of carbonyl (C=O) groups is 2. The van der Waals surface area contributed by atoms with E-state index in [0.29, 0.717) is 24.5 Å². The van der Waals surface area contributed by atoms with Crippen LogP contribution in [0.2, 0.25) is 0 Å². The van der Waals surface area contributed by atoms with Crippen molar-refractivity contribution in [2.24, 2.45) is 0 Å². The summed E-state index contributed by atoms with van der Waals surface area (Å²) in [6, 6.07) is 9.55. The Morgan fingerprint density at radius 2 is 2.10 bits per heavy atom. The highest BCUT2D eigenvalue weighted by Gasteiger charge is 2.24. The molecule has 3 aromatic rings. The van der Waals surface area contributed by atoms with Crippen molar-refractivity contribution in [2.75, 3.05) is 19.7 Å². The number of nitrogens with one attached hydrogen (secondary N) is 1. The minimum atomic E-state index is -1.01. The van der Waals surface area contributed by atoms with E-state index in [4.69, 9.17) is 5.11 Å². The number of hydrogen-bond acceptors (Lipinski definition) is 6. The van der Waals surface area contributed by atoms with Gasteiger partial charge in [-0.15, -0.1) is 11.3 Å². The molecule has 3 N–H and O–H groups in total. The maximum absolute atomic E-state index is 13.1. The number of halogens is 1. The lowest BCUT2D eigenvalue weighted by atomic mass is 10.2. The number of aliphatic hydroxyl groups is 2. The van der Waals surface area contributed by atoms with Crippen LogP contribution in [0.4, 0.5) is 0 Å². The van der Waals surface area contributed by atoms with Crippen molar-refractivity contribution in [1.29, 1.82) is 0 Å². The van der Waals surface area contributed by atoms with Gasteiger partial charge < -0.3 is 20.4 Å². The highest BCUT2D eigenvalue weighted by atomic mass is 79.9. The Morgan fingerprint density at radius 1 is 1.27 bits per heavy atom. The molecule has 1 aliphatic rings. The van der Waals surface area contributed by atoms with Gasteiger partial charge in [0.1, 0.15) is 0 Å². The lowest BCUT2D eigenvalue weighted by Gasteiger charge is -2.19. The summed E-state index contributed by atoms with van der Waals surface area (Å²) in [5, 5.41) is 26.2. The second-order valence-corrected chi connectivity index (χ2v) is 9.16. The Bertz CT molecular complexity index is 1100. The van der Waals surface area contributed by atoms with Crippen LogP contribution in [0.25, 0.3) is 10.1 Å². The number of aromatic nitrogens is 2. The van der Waals surface area contributed by atoms with E-state index >= 15 is 0 Å². The highest BCUT2D eigenvalue weighted by Crippen LogP contribution is 2.29. The molecule has 30 heavy (non-hydrogen) atoms. The van der Waals surface area contributed by atoms with Crippen molar-refractivity contribution in [2.45, 2.75) is 25.6 Å². The summed E-state index contributed by atoms with van der Waals surface area (Å²) in [5.74, 6) is -0.449. The number of aliphatic hydroxyl groups excluding tert-OH is 2. The van der Waals surface area contributed by atoms with Crippen LogP contribution in [0.5, 0.6) is 0 Å². The van der Waals surface area contributed by atoms with Gasteiger partial charge in [0.15, 0.2) is 5.69 Å². The molecule has 0 radical (unpaired) electrons. The van der Waals surface area contributed by atoms with Gasteiger partial charge >= 0.3 is 0 Å². The lowest BCUT2D eigenvalue weighted by Crippen LogP contribution is -2.34. The second kappa shape index (κ2) is 8.84. The third-order valence-electron chi connectivity index (χ3n) is 4.93. The molecule has 0 bridgehead atoms. The van der Waals surface area contributed by atoms with Crippen molar-refractivity contribution >= 4 is 49.2 Å². The van der Waals surface area contributed by atoms with Crippen LogP contribution in [0.3, 0.4) is 0 Å². The van der Waals surface area contributed by atoms with Crippen molar-refractivity contribution in [3.63, 3.8) is 0 Å². The van der Waals surface area contributed by atoms with Crippen LogP contribution in [0, 0.1) is 0 Å². The quantitative estimate of drug-likeness (QED) is 0.504. The molecule has 3 heterocycles. The molecule has 0 saturated heterocycles. The minimum absolute atomic E-state index is 0.0287. The van der Waals surface area contributed by atoms with E-state index in [1.165, 1.54) is 11.3 Å². The van der Waals surface area contributed by atoms with E-state index in [-0.39, 0.29) is 18.1 Å². The van der Waals surface area contributed by atoms with Crippen LogP contribution < -0.4 is 5.32 Å². The molecular weight excluding hydrogens is 472 g/mol. The molecule has 4 rings (SSSR count). The first kappa shape index (κ1) is 21.0. The van der Waals surface area contributed by atoms with Gasteiger partial charge in [-0.25, -0.2) is 0 Å². The summed E-state index contributed by atoms with van der Waals surface area (Å²) in [6.45, 7) is 1.13. The molecule has 8 nitrogen and oxygen atoms in total. The Hall–Kier alpha value is -2.27. The number of carbonyl (C=O) groups excluding carboxylic acids is 2.